The van der Waals surface area contributed by atoms with E-state index in [0.717, 1.165) is 6.42 Å². The summed E-state index contributed by atoms with van der Waals surface area (Å²) in [6.07, 6.45) is 4.74. The van der Waals surface area contributed by atoms with Gasteiger partial charge in [-0.15, -0.1) is 0 Å². The third-order valence-electron chi connectivity index (χ3n) is 3.84. The van der Waals surface area contributed by atoms with E-state index in [9.17, 15) is 10.1 Å². The van der Waals surface area contributed by atoms with Crippen LogP contribution >= 0.6 is 23.8 Å². The highest BCUT2D eigenvalue weighted by Gasteiger charge is 2.22. The lowest BCUT2D eigenvalue weighted by Crippen LogP contribution is -2.43. The van der Waals surface area contributed by atoms with Crippen LogP contribution < -0.4 is 10.6 Å². The van der Waals surface area contributed by atoms with Gasteiger partial charge in [0.1, 0.15) is 0 Å². The molecule has 0 spiro atoms. The van der Waals surface area contributed by atoms with Gasteiger partial charge in [-0.2, -0.15) is 0 Å². The molecule has 0 amide bonds. The number of nitro groups is 1. The summed E-state index contributed by atoms with van der Waals surface area (Å²) in [6.45, 7) is 2.21. The summed E-state index contributed by atoms with van der Waals surface area (Å²) >= 11 is 11.3. The number of benzene rings is 1. The van der Waals surface area contributed by atoms with E-state index >= 15 is 0 Å². The molecular weight excluding hydrogens is 310 g/mol. The van der Waals surface area contributed by atoms with E-state index in [1.54, 1.807) is 0 Å². The molecule has 1 aromatic rings. The van der Waals surface area contributed by atoms with Crippen LogP contribution in [-0.4, -0.2) is 16.1 Å². The average molecular weight is 328 g/mol. The van der Waals surface area contributed by atoms with Crippen molar-refractivity contribution in [2.45, 2.75) is 38.6 Å². The molecule has 0 saturated heterocycles. The smallest absolute Gasteiger partial charge is 0.271 e. The number of anilines is 1. The van der Waals surface area contributed by atoms with Crippen LogP contribution in [0.2, 0.25) is 5.02 Å². The second-order valence-corrected chi connectivity index (χ2v) is 6.20. The van der Waals surface area contributed by atoms with Crippen molar-refractivity contribution in [3.8, 4) is 0 Å². The summed E-state index contributed by atoms with van der Waals surface area (Å²) in [5.41, 5.74) is 0.433. The number of nitro benzene ring substituents is 1. The van der Waals surface area contributed by atoms with Crippen LogP contribution in [0.15, 0.2) is 18.2 Å². The number of non-ortho nitro benzene ring substituents is 1. The molecule has 0 radical (unpaired) electrons. The van der Waals surface area contributed by atoms with Crippen molar-refractivity contribution in [2.24, 2.45) is 5.92 Å². The van der Waals surface area contributed by atoms with Gasteiger partial charge in [0.05, 0.1) is 15.6 Å². The van der Waals surface area contributed by atoms with Crippen molar-refractivity contribution in [2.75, 3.05) is 5.32 Å². The minimum atomic E-state index is -0.457. The number of hydrogen-bond donors (Lipinski definition) is 2. The minimum Gasteiger partial charge on any atom is -0.359 e. The van der Waals surface area contributed by atoms with Crippen LogP contribution in [0.5, 0.6) is 0 Å². The van der Waals surface area contributed by atoms with Crippen LogP contribution in [0.4, 0.5) is 11.4 Å². The van der Waals surface area contributed by atoms with Gasteiger partial charge >= 0.3 is 0 Å². The van der Waals surface area contributed by atoms with Gasteiger partial charge in [-0.05, 0) is 37.0 Å². The Kier molecular flexibility index (Phi) is 5.36. The summed E-state index contributed by atoms with van der Waals surface area (Å²) in [5, 5.41) is 17.9. The molecule has 1 aromatic carbocycles. The van der Waals surface area contributed by atoms with Crippen molar-refractivity contribution in [1.29, 1.82) is 0 Å². The van der Waals surface area contributed by atoms with Crippen LogP contribution in [0, 0.1) is 16.0 Å². The van der Waals surface area contributed by atoms with Crippen molar-refractivity contribution in [3.63, 3.8) is 0 Å². The van der Waals surface area contributed by atoms with E-state index in [-0.39, 0.29) is 5.69 Å². The van der Waals surface area contributed by atoms with Gasteiger partial charge < -0.3 is 10.6 Å². The lowest BCUT2D eigenvalue weighted by molar-refractivity contribution is -0.384. The molecule has 0 aromatic heterocycles. The van der Waals surface area contributed by atoms with Gasteiger partial charge in [0.15, 0.2) is 5.11 Å². The van der Waals surface area contributed by atoms with Gasteiger partial charge in [-0.25, -0.2) is 0 Å². The zero-order valence-corrected chi connectivity index (χ0v) is 13.3. The first-order chi connectivity index (χ1) is 9.97. The Labute approximate surface area is 134 Å². The molecule has 7 heteroatoms. The molecule has 1 aliphatic carbocycles. The van der Waals surface area contributed by atoms with E-state index in [4.69, 9.17) is 23.8 Å². The van der Waals surface area contributed by atoms with E-state index < -0.39 is 4.92 Å². The molecule has 0 aliphatic heterocycles. The molecule has 1 saturated carbocycles. The number of halogens is 1. The molecular formula is C14H18ClN3O2S. The van der Waals surface area contributed by atoms with Gasteiger partial charge in [0, 0.05) is 18.2 Å². The monoisotopic (exact) mass is 327 g/mol. The molecule has 5 nitrogen and oxygen atoms in total. The predicted molar refractivity (Wildman–Crippen MR) is 88.9 cm³/mol. The molecule has 2 atom stereocenters. The van der Waals surface area contributed by atoms with E-state index in [1.165, 1.54) is 37.5 Å². The lowest BCUT2D eigenvalue weighted by atomic mass is 9.86. The van der Waals surface area contributed by atoms with Crippen LogP contribution in [-0.2, 0) is 0 Å². The Bertz CT molecular complexity index is 553. The summed E-state index contributed by atoms with van der Waals surface area (Å²) in [6, 6.07) is 4.60. The molecule has 0 heterocycles. The van der Waals surface area contributed by atoms with Crippen LogP contribution in [0.1, 0.15) is 32.6 Å². The second-order valence-electron chi connectivity index (χ2n) is 5.39. The molecule has 21 heavy (non-hydrogen) atoms. The fraction of sp³-hybridized carbons (Fsp3) is 0.500. The Balaban J connectivity index is 2.02. The highest BCUT2D eigenvalue weighted by atomic mass is 35.5. The van der Waals surface area contributed by atoms with Crippen molar-refractivity contribution < 1.29 is 4.92 Å². The Morgan fingerprint density at radius 3 is 2.81 bits per heavy atom. The van der Waals surface area contributed by atoms with Gasteiger partial charge in [0.2, 0.25) is 0 Å². The zero-order valence-electron chi connectivity index (χ0n) is 11.8. The number of nitrogens with zero attached hydrogens (tertiary/aromatic N) is 1. The summed E-state index contributed by atoms with van der Waals surface area (Å²) in [4.78, 5) is 10.3. The summed E-state index contributed by atoms with van der Waals surface area (Å²) < 4.78 is 0. The standard InChI is InChI=1S/C14H18ClN3O2S/c1-9-4-2-3-5-12(9)16-14(21)17-13-8-10(18(19)20)6-7-11(13)15/h6-9,12H,2-5H2,1H3,(H2,16,17,21)/t9-,12-/m1/s1. The molecule has 0 unspecified atom stereocenters. The molecule has 114 valence electrons. The molecule has 1 aliphatic rings. The topological polar surface area (TPSA) is 67.2 Å². The summed E-state index contributed by atoms with van der Waals surface area (Å²) in [5.74, 6) is 0.569. The first-order valence-corrected chi connectivity index (χ1v) is 7.77. The maximum absolute atomic E-state index is 10.8. The van der Waals surface area contributed by atoms with E-state index in [0.29, 0.717) is 27.8 Å². The van der Waals surface area contributed by atoms with Gasteiger partial charge in [0.25, 0.3) is 5.69 Å². The molecule has 0 bridgehead atoms. The second kappa shape index (κ2) is 7.04. The third-order valence-corrected chi connectivity index (χ3v) is 4.39. The van der Waals surface area contributed by atoms with Crippen molar-refractivity contribution in [1.82, 2.24) is 5.32 Å². The zero-order chi connectivity index (χ0) is 15.4. The normalized spacial score (nSPS) is 21.6. The summed E-state index contributed by atoms with van der Waals surface area (Å²) in [7, 11) is 0. The highest BCUT2D eigenvalue weighted by Crippen LogP contribution is 2.27. The fourth-order valence-corrected chi connectivity index (χ4v) is 3.01. The maximum Gasteiger partial charge on any atom is 0.271 e. The first-order valence-electron chi connectivity index (χ1n) is 6.99. The average Bonchev–Trinajstić information content (AvgIpc) is 2.43. The number of thiocarbonyl (C=S) groups is 1. The largest absolute Gasteiger partial charge is 0.359 e. The van der Waals surface area contributed by atoms with Crippen LogP contribution in [0.3, 0.4) is 0 Å². The Morgan fingerprint density at radius 1 is 1.43 bits per heavy atom. The van der Waals surface area contributed by atoms with Gasteiger partial charge in [-0.3, -0.25) is 10.1 Å². The number of hydrogen-bond acceptors (Lipinski definition) is 3. The van der Waals surface area contributed by atoms with Crippen molar-refractivity contribution in [3.05, 3.63) is 33.3 Å². The van der Waals surface area contributed by atoms with Gasteiger partial charge in [-0.1, -0.05) is 31.4 Å². The molecule has 2 rings (SSSR count). The quantitative estimate of drug-likeness (QED) is 0.496. The Morgan fingerprint density at radius 2 is 2.14 bits per heavy atom. The number of rotatable bonds is 3. The van der Waals surface area contributed by atoms with Crippen molar-refractivity contribution >= 4 is 40.3 Å². The highest BCUT2D eigenvalue weighted by molar-refractivity contribution is 7.80. The van der Waals surface area contributed by atoms with Crippen LogP contribution in [0.25, 0.3) is 0 Å². The number of nitrogens with one attached hydrogen (secondary N) is 2. The first kappa shape index (κ1) is 16.0. The van der Waals surface area contributed by atoms with E-state index in [1.807, 2.05) is 0 Å². The molecule has 2 N–H and O–H groups in total. The fourth-order valence-electron chi connectivity index (χ4n) is 2.58. The third kappa shape index (κ3) is 4.28. The lowest BCUT2D eigenvalue weighted by Gasteiger charge is -2.30. The SMILES string of the molecule is C[C@@H]1CCCC[C@H]1NC(=S)Nc1cc([N+](=O)[O-])ccc1Cl. The predicted octanol–water partition coefficient (Wildman–Crippen LogP) is 4.11. The maximum atomic E-state index is 10.8. The van der Waals surface area contributed by atoms with E-state index in [2.05, 4.69) is 17.6 Å². The Hall–Kier alpha value is -1.40. The molecule has 1 fully saturated rings. The minimum absolute atomic E-state index is 0.0178.